The van der Waals surface area contributed by atoms with E-state index in [1.807, 2.05) is 66.7 Å². The number of halogens is 1. The number of aliphatic hydroxyl groups excluding tert-OH is 1. The maximum Gasteiger partial charge on any atom is 0.342 e. The van der Waals surface area contributed by atoms with Crippen molar-refractivity contribution in [3.8, 4) is 11.5 Å². The first-order chi connectivity index (χ1) is 26.9. The van der Waals surface area contributed by atoms with Gasteiger partial charge in [-0.15, -0.1) is 0 Å². The van der Waals surface area contributed by atoms with Gasteiger partial charge in [0.25, 0.3) is 8.32 Å². The minimum atomic E-state index is -3.11. The van der Waals surface area contributed by atoms with Gasteiger partial charge in [0, 0.05) is 27.7 Å². The van der Waals surface area contributed by atoms with E-state index in [0.29, 0.717) is 24.3 Å². The molecule has 1 fully saturated rings. The molecule has 0 saturated carbocycles. The highest BCUT2D eigenvalue weighted by atomic mass is 28.4. The lowest BCUT2D eigenvalue weighted by Gasteiger charge is -2.44. The Bertz CT molecular complexity index is 1730. The van der Waals surface area contributed by atoms with Crippen LogP contribution in [0.1, 0.15) is 63.4 Å². The van der Waals surface area contributed by atoms with Crippen LogP contribution in [0.4, 0.5) is 4.53 Å². The molecular formula is C44H61FO10Si2. The van der Waals surface area contributed by atoms with Crippen LogP contribution >= 0.6 is 0 Å². The van der Waals surface area contributed by atoms with Crippen LogP contribution in [-0.4, -0.2) is 85.5 Å². The number of aliphatic hydroxyl groups is 1. The molecule has 0 radical (unpaired) electrons. The Morgan fingerprint density at radius 2 is 1.60 bits per heavy atom. The lowest BCUT2D eigenvalue weighted by molar-refractivity contribution is -0.246. The van der Waals surface area contributed by atoms with E-state index in [-0.39, 0.29) is 24.5 Å². The average molecular weight is 825 g/mol. The number of benzene rings is 3. The quantitative estimate of drug-likeness (QED) is 0.0518. The van der Waals surface area contributed by atoms with E-state index in [2.05, 4.69) is 45.4 Å². The standard InChI is InChI=1S/C44H61FO10Si2/c1-43(2,3)57(34-20-13-11-14-21-34,35-22-15-12-16-23-35)55-39(54-45)26-18-24-36(46)41-37(52-44(4,5)53-41)25-17-19-32-29-33(49-7)30-38(51-31-48-6)40(32)42(47)50-27-28-56(8,9)10/h11-24,29-30,36-37,39,41,46H,25-28,31H2,1-10H3/b19-17+,24-18-/t36?,37-,39?,41+/m0/s1. The highest BCUT2D eigenvalue weighted by molar-refractivity contribution is 6.99. The molecule has 0 aromatic heterocycles. The van der Waals surface area contributed by atoms with Crippen LogP contribution in [0.15, 0.2) is 91.0 Å². The van der Waals surface area contributed by atoms with Gasteiger partial charge in [-0.25, -0.2) is 4.79 Å². The zero-order chi connectivity index (χ0) is 41.9. The van der Waals surface area contributed by atoms with Crippen LogP contribution in [0.3, 0.4) is 0 Å². The molecule has 312 valence electrons. The smallest absolute Gasteiger partial charge is 0.342 e. The number of esters is 1. The third kappa shape index (κ3) is 12.4. The van der Waals surface area contributed by atoms with Crippen LogP contribution < -0.4 is 19.8 Å². The summed E-state index contributed by atoms with van der Waals surface area (Å²) >= 11 is 0. The van der Waals surface area contributed by atoms with Gasteiger partial charge in [0.15, 0.2) is 18.9 Å². The molecule has 3 aromatic rings. The Morgan fingerprint density at radius 3 is 2.14 bits per heavy atom. The number of carbonyl (C=O) groups is 1. The molecule has 4 rings (SSSR count). The van der Waals surface area contributed by atoms with Gasteiger partial charge >= 0.3 is 5.97 Å². The molecule has 57 heavy (non-hydrogen) atoms. The molecular weight excluding hydrogens is 764 g/mol. The number of carbonyl (C=O) groups excluding carboxylic acids is 1. The molecule has 1 aliphatic rings. The van der Waals surface area contributed by atoms with Gasteiger partial charge in [-0.1, -0.05) is 125 Å². The van der Waals surface area contributed by atoms with E-state index in [0.717, 1.165) is 16.4 Å². The molecule has 13 heteroatoms. The maximum atomic E-state index is 14.4. The van der Waals surface area contributed by atoms with Crippen molar-refractivity contribution in [1.29, 1.82) is 0 Å². The first-order valence-corrected chi connectivity index (χ1v) is 25.0. The van der Waals surface area contributed by atoms with E-state index >= 15 is 0 Å². The van der Waals surface area contributed by atoms with E-state index in [1.54, 1.807) is 44.2 Å². The predicted molar refractivity (Wildman–Crippen MR) is 226 cm³/mol. The molecule has 1 saturated heterocycles. The van der Waals surface area contributed by atoms with Gasteiger partial charge in [0.05, 0.1) is 19.8 Å². The first kappa shape index (κ1) is 46.0. The molecule has 1 aliphatic heterocycles. The van der Waals surface area contributed by atoms with Gasteiger partial charge in [-0.2, -0.15) is 4.94 Å². The number of hydrogen-bond donors (Lipinski definition) is 1. The second-order valence-corrected chi connectivity index (χ2v) is 26.7. The highest BCUT2D eigenvalue weighted by Gasteiger charge is 2.52. The van der Waals surface area contributed by atoms with E-state index in [9.17, 15) is 14.4 Å². The van der Waals surface area contributed by atoms with Crippen LogP contribution in [0, 0.1) is 0 Å². The summed E-state index contributed by atoms with van der Waals surface area (Å²) in [5.41, 5.74) is 0.764. The van der Waals surface area contributed by atoms with Gasteiger partial charge in [-0.3, -0.25) is 0 Å². The summed E-state index contributed by atoms with van der Waals surface area (Å²) in [6.45, 7) is 16.7. The summed E-state index contributed by atoms with van der Waals surface area (Å²) in [5, 5.41) is 13.0. The molecule has 0 aliphatic carbocycles. The fourth-order valence-corrected chi connectivity index (χ4v) is 12.2. The fraction of sp³-hybridized carbons (Fsp3) is 0.477. The average Bonchev–Trinajstić information content (AvgIpc) is 3.48. The zero-order valence-electron chi connectivity index (χ0n) is 35.1. The molecule has 1 N–H and O–H groups in total. The number of hydrogen-bond acceptors (Lipinski definition) is 10. The summed E-state index contributed by atoms with van der Waals surface area (Å²) in [7, 11) is -1.54. The lowest BCUT2D eigenvalue weighted by atomic mass is 10.0. The topological polar surface area (TPSA) is 111 Å². The minimum absolute atomic E-state index is 0.0275. The van der Waals surface area contributed by atoms with Crippen molar-refractivity contribution in [3.63, 3.8) is 0 Å². The fourth-order valence-electron chi connectivity index (χ4n) is 6.93. The van der Waals surface area contributed by atoms with Gasteiger partial charge < -0.3 is 38.0 Å². The Balaban J connectivity index is 1.54. The summed E-state index contributed by atoms with van der Waals surface area (Å²) in [5.74, 6) is -0.759. The zero-order valence-corrected chi connectivity index (χ0v) is 37.1. The summed E-state index contributed by atoms with van der Waals surface area (Å²) in [6, 6.07) is 24.0. The van der Waals surface area contributed by atoms with Crippen molar-refractivity contribution in [2.45, 2.75) is 109 Å². The predicted octanol–water partition coefficient (Wildman–Crippen LogP) is 8.21. The Labute approximate surface area is 339 Å². The molecule has 2 unspecified atom stereocenters. The molecule has 0 spiro atoms. The van der Waals surface area contributed by atoms with Gasteiger partial charge in [0.1, 0.15) is 29.3 Å². The van der Waals surface area contributed by atoms with Crippen LogP contribution in [0.2, 0.25) is 30.7 Å². The third-order valence-corrected chi connectivity index (χ3v) is 16.4. The van der Waals surface area contributed by atoms with Crippen molar-refractivity contribution < 1.29 is 52.2 Å². The molecule has 4 atom stereocenters. The summed E-state index contributed by atoms with van der Waals surface area (Å²) in [4.78, 5) is 18.0. The number of rotatable bonds is 20. The van der Waals surface area contributed by atoms with E-state index < -0.39 is 57.8 Å². The maximum absolute atomic E-state index is 14.4. The molecule has 0 amide bonds. The minimum Gasteiger partial charge on any atom is -0.497 e. The Hall–Kier alpha value is -3.67. The van der Waals surface area contributed by atoms with Crippen molar-refractivity contribution in [2.75, 3.05) is 27.6 Å². The molecule has 3 aromatic carbocycles. The Morgan fingerprint density at radius 1 is 0.965 bits per heavy atom. The normalized spacial score (nSPS) is 18.5. The monoisotopic (exact) mass is 824 g/mol. The first-order valence-electron chi connectivity index (χ1n) is 19.4. The number of ether oxygens (including phenoxy) is 6. The van der Waals surface area contributed by atoms with Gasteiger partial charge in [0.2, 0.25) is 0 Å². The molecule has 10 nitrogen and oxygen atoms in total. The van der Waals surface area contributed by atoms with Crippen molar-refractivity contribution in [3.05, 3.63) is 102 Å². The largest absolute Gasteiger partial charge is 0.497 e. The summed E-state index contributed by atoms with van der Waals surface area (Å²) in [6.07, 6.45) is 3.48. The molecule has 1 heterocycles. The lowest BCUT2D eigenvalue weighted by Crippen LogP contribution is -2.67. The van der Waals surface area contributed by atoms with Crippen molar-refractivity contribution in [1.82, 2.24) is 0 Å². The SMILES string of the molecule is COCOc1cc(OC)cc(/C=C/C[C@@H]2OC(C)(C)O[C@@H]2C(O)/C=C\CC(OF)O[Si](c2ccccc2)(c2ccccc2)C(C)(C)C)c1C(=O)OCC[Si](C)(C)C. The van der Waals surface area contributed by atoms with Crippen LogP contribution in [0.5, 0.6) is 11.5 Å². The second kappa shape index (κ2) is 20.3. The highest BCUT2D eigenvalue weighted by Crippen LogP contribution is 2.39. The third-order valence-electron chi connectivity index (χ3n) is 9.67. The Kier molecular flexibility index (Phi) is 16.4. The second-order valence-electron chi connectivity index (χ2n) is 16.8. The van der Waals surface area contributed by atoms with Crippen molar-refractivity contribution in [2.24, 2.45) is 0 Å². The van der Waals surface area contributed by atoms with Gasteiger partial charge in [-0.05, 0) is 57.9 Å². The number of methoxy groups -OCH3 is 2. The van der Waals surface area contributed by atoms with Crippen LogP contribution in [0.25, 0.3) is 6.08 Å². The van der Waals surface area contributed by atoms with E-state index in [4.69, 9.17) is 32.8 Å². The van der Waals surface area contributed by atoms with E-state index in [1.165, 1.54) is 14.2 Å². The van der Waals surface area contributed by atoms with Crippen molar-refractivity contribution >= 4 is 38.8 Å². The summed E-state index contributed by atoms with van der Waals surface area (Å²) < 4.78 is 55.7. The molecule has 0 bridgehead atoms. The van der Waals surface area contributed by atoms with Crippen LogP contribution in [-0.2, 0) is 28.3 Å².